The monoisotopic (exact) mass is 391 g/mol. The molecule has 11 heteroatoms. The largest absolute Gasteiger partial charge is 0.449 e. The van der Waals surface area contributed by atoms with E-state index in [0.717, 1.165) is 0 Å². The highest BCUT2D eigenvalue weighted by Gasteiger charge is 2.72. The lowest BCUT2D eigenvalue weighted by molar-refractivity contribution is -0.137. The fraction of sp³-hybridized carbons (Fsp3) is 0.529. The van der Waals surface area contributed by atoms with Crippen LogP contribution in [-0.4, -0.2) is 73.1 Å². The lowest BCUT2D eigenvalue weighted by Gasteiger charge is -2.39. The van der Waals surface area contributed by atoms with E-state index in [2.05, 4.69) is 10.6 Å². The molecule has 0 aromatic carbocycles. The highest BCUT2D eigenvalue weighted by molar-refractivity contribution is 6.25. The number of carbonyl (C=O) groups excluding carboxylic acids is 4. The molecule has 2 fully saturated rings. The van der Waals surface area contributed by atoms with E-state index < -0.39 is 29.4 Å². The van der Waals surface area contributed by atoms with E-state index in [-0.39, 0.29) is 53.6 Å². The number of methoxy groups -OCH3 is 1. The number of nitrogens with one attached hydrogen (secondary N) is 2. The van der Waals surface area contributed by atoms with E-state index in [1.54, 1.807) is 4.90 Å². The quantitative estimate of drug-likeness (QED) is 0.281. The van der Waals surface area contributed by atoms with Crippen LogP contribution >= 0.6 is 0 Å². The number of ether oxygens (including phenoxy) is 2. The maximum atomic E-state index is 13.3. The van der Waals surface area contributed by atoms with Gasteiger partial charge in [-0.3, -0.25) is 14.4 Å². The lowest BCUT2D eigenvalue weighted by atomic mass is 9.82. The molecule has 6 N–H and O–H groups in total. The highest BCUT2D eigenvalue weighted by atomic mass is 16.6. The van der Waals surface area contributed by atoms with Crippen molar-refractivity contribution in [2.24, 2.45) is 17.4 Å². The molecule has 3 heterocycles. The minimum absolute atomic E-state index is 0.0133. The Balaban J connectivity index is 1.77. The van der Waals surface area contributed by atoms with Crippen molar-refractivity contribution in [2.75, 3.05) is 26.8 Å². The van der Waals surface area contributed by atoms with Gasteiger partial charge in [-0.15, -0.1) is 0 Å². The SMILES string of the molecule is COC12C(COC(N)=O)C3=C(C(=O)C(C)=C(NCC(N)=O)C3=O)N1CC1NC12. The van der Waals surface area contributed by atoms with Crippen LogP contribution in [-0.2, 0) is 23.9 Å². The zero-order chi connectivity index (χ0) is 20.4. The second-order valence-corrected chi connectivity index (χ2v) is 7.24. The molecule has 0 spiro atoms. The summed E-state index contributed by atoms with van der Waals surface area (Å²) in [5, 5.41) is 5.93. The molecule has 28 heavy (non-hydrogen) atoms. The topological polar surface area (TPSA) is 176 Å². The molecule has 4 atom stereocenters. The summed E-state index contributed by atoms with van der Waals surface area (Å²) < 4.78 is 10.9. The second-order valence-electron chi connectivity index (χ2n) is 7.24. The molecule has 2 saturated heterocycles. The first-order valence-corrected chi connectivity index (χ1v) is 8.81. The van der Waals surface area contributed by atoms with Gasteiger partial charge in [0.25, 0.3) is 0 Å². The molecule has 3 aliphatic heterocycles. The number of nitrogens with two attached hydrogens (primary N) is 2. The van der Waals surface area contributed by atoms with Crippen molar-refractivity contribution in [2.45, 2.75) is 24.7 Å². The Hall–Kier alpha value is -2.92. The van der Waals surface area contributed by atoms with Gasteiger partial charge >= 0.3 is 6.09 Å². The summed E-state index contributed by atoms with van der Waals surface area (Å²) in [7, 11) is 1.49. The molecule has 4 aliphatic rings. The van der Waals surface area contributed by atoms with Crippen molar-refractivity contribution in [1.29, 1.82) is 0 Å². The van der Waals surface area contributed by atoms with Crippen molar-refractivity contribution in [3.8, 4) is 0 Å². The van der Waals surface area contributed by atoms with Gasteiger partial charge in [0.05, 0.1) is 29.9 Å². The molecule has 0 aromatic heterocycles. The molecule has 0 aromatic rings. The van der Waals surface area contributed by atoms with E-state index in [1.165, 1.54) is 14.0 Å². The van der Waals surface area contributed by atoms with Crippen molar-refractivity contribution in [3.05, 3.63) is 22.5 Å². The van der Waals surface area contributed by atoms with Crippen LogP contribution in [0.4, 0.5) is 4.79 Å². The van der Waals surface area contributed by atoms with Gasteiger partial charge in [-0.1, -0.05) is 0 Å². The van der Waals surface area contributed by atoms with Crippen LogP contribution in [0.25, 0.3) is 0 Å². The number of rotatable bonds is 6. The number of amides is 2. The van der Waals surface area contributed by atoms with E-state index in [4.69, 9.17) is 20.9 Å². The number of carbonyl (C=O) groups is 4. The Morgan fingerprint density at radius 1 is 1.32 bits per heavy atom. The number of primary amides is 2. The van der Waals surface area contributed by atoms with Crippen molar-refractivity contribution >= 4 is 23.6 Å². The number of hydrogen-bond donors (Lipinski definition) is 4. The first-order chi connectivity index (χ1) is 13.2. The van der Waals surface area contributed by atoms with Gasteiger partial charge in [0, 0.05) is 30.8 Å². The molecular weight excluding hydrogens is 370 g/mol. The number of fused-ring (bicyclic) bond motifs is 4. The zero-order valence-electron chi connectivity index (χ0n) is 15.4. The van der Waals surface area contributed by atoms with Crippen LogP contribution in [0, 0.1) is 5.92 Å². The fourth-order valence-electron chi connectivity index (χ4n) is 4.68. The molecule has 11 nitrogen and oxygen atoms in total. The molecule has 0 saturated carbocycles. The number of nitrogens with zero attached hydrogens (tertiary/aromatic N) is 1. The number of hydrogen-bond acceptors (Lipinski definition) is 9. The van der Waals surface area contributed by atoms with Crippen LogP contribution in [0.15, 0.2) is 22.5 Å². The molecule has 2 amide bonds. The molecule has 150 valence electrons. The highest BCUT2D eigenvalue weighted by Crippen LogP contribution is 2.55. The van der Waals surface area contributed by atoms with Crippen LogP contribution < -0.4 is 22.1 Å². The third kappa shape index (κ3) is 2.29. The zero-order valence-corrected chi connectivity index (χ0v) is 15.4. The van der Waals surface area contributed by atoms with Gasteiger partial charge in [-0.25, -0.2) is 4.79 Å². The predicted molar refractivity (Wildman–Crippen MR) is 93.1 cm³/mol. The number of Topliss-reactive ketones (excluding diaryl/α,β-unsaturated/α-hetero) is 2. The Bertz CT molecular complexity index is 879. The summed E-state index contributed by atoms with van der Waals surface area (Å²) in [4.78, 5) is 50.6. The molecule has 0 bridgehead atoms. The number of piperazine rings is 1. The van der Waals surface area contributed by atoms with Gasteiger partial charge in [-0.2, -0.15) is 0 Å². The Kier molecular flexibility index (Phi) is 3.98. The summed E-state index contributed by atoms with van der Waals surface area (Å²) in [5.74, 6) is -2.18. The number of ketones is 2. The molecule has 1 aliphatic carbocycles. The Labute approximate surface area is 160 Å². The van der Waals surface area contributed by atoms with Crippen molar-refractivity contribution < 1.29 is 28.7 Å². The average Bonchev–Trinajstić information content (AvgIpc) is 3.24. The second kappa shape index (κ2) is 6.04. The number of allylic oxidation sites excluding steroid dienone is 2. The van der Waals surface area contributed by atoms with Crippen LogP contribution in [0.3, 0.4) is 0 Å². The Morgan fingerprint density at radius 3 is 2.64 bits per heavy atom. The van der Waals surface area contributed by atoms with Crippen molar-refractivity contribution in [1.82, 2.24) is 15.5 Å². The van der Waals surface area contributed by atoms with E-state index in [0.29, 0.717) is 6.54 Å². The van der Waals surface area contributed by atoms with E-state index >= 15 is 0 Å². The summed E-state index contributed by atoms with van der Waals surface area (Å²) in [6, 6.07) is -0.000777. The summed E-state index contributed by atoms with van der Waals surface area (Å²) in [6.45, 7) is 1.50. The molecule has 4 unspecified atom stereocenters. The fourth-order valence-corrected chi connectivity index (χ4v) is 4.68. The van der Waals surface area contributed by atoms with Gasteiger partial charge in [-0.05, 0) is 6.92 Å². The maximum Gasteiger partial charge on any atom is 0.404 e. The van der Waals surface area contributed by atoms with E-state index in [1.807, 2.05) is 0 Å². The van der Waals surface area contributed by atoms with Gasteiger partial charge in [0.15, 0.2) is 5.72 Å². The lowest BCUT2D eigenvalue weighted by Crippen LogP contribution is -2.55. The van der Waals surface area contributed by atoms with Gasteiger partial charge in [0.1, 0.15) is 6.61 Å². The van der Waals surface area contributed by atoms with Gasteiger partial charge < -0.3 is 36.5 Å². The molecular formula is C17H21N5O6. The smallest absolute Gasteiger partial charge is 0.404 e. The predicted octanol–water partition coefficient (Wildman–Crippen LogP) is -2.53. The third-order valence-corrected chi connectivity index (χ3v) is 5.87. The third-order valence-electron chi connectivity index (χ3n) is 5.87. The maximum absolute atomic E-state index is 13.3. The normalized spacial score (nSPS) is 32.9. The standard InChI is InChI=1S/C17H21N5O6/c1-6-11(20-3-9(18)23)14(25)10-7(5-28-16(19)26)17(27-2)15-8(21-15)4-22(17)12(10)13(6)24/h7-8,15,20-21H,3-5H2,1-2H3,(H2,18,23)(H2,19,26). The minimum atomic E-state index is -1.03. The first-order valence-electron chi connectivity index (χ1n) is 8.81. The van der Waals surface area contributed by atoms with Gasteiger partial charge in [0.2, 0.25) is 17.5 Å². The van der Waals surface area contributed by atoms with Crippen LogP contribution in [0.2, 0.25) is 0 Å². The van der Waals surface area contributed by atoms with Crippen LogP contribution in [0.5, 0.6) is 0 Å². The molecule has 4 rings (SSSR count). The average molecular weight is 391 g/mol. The summed E-state index contributed by atoms with van der Waals surface area (Å²) in [5.41, 5.74) is 9.90. The van der Waals surface area contributed by atoms with E-state index in [9.17, 15) is 19.2 Å². The van der Waals surface area contributed by atoms with Crippen LogP contribution in [0.1, 0.15) is 6.92 Å². The minimum Gasteiger partial charge on any atom is -0.449 e. The first kappa shape index (κ1) is 18.4. The summed E-state index contributed by atoms with van der Waals surface area (Å²) >= 11 is 0. The summed E-state index contributed by atoms with van der Waals surface area (Å²) in [6.07, 6.45) is -0.987. The Morgan fingerprint density at radius 2 is 2.04 bits per heavy atom. The molecule has 0 radical (unpaired) electrons. The van der Waals surface area contributed by atoms with Crippen molar-refractivity contribution in [3.63, 3.8) is 0 Å².